The van der Waals surface area contributed by atoms with Crippen molar-refractivity contribution in [2.24, 2.45) is 5.92 Å². The third-order valence-corrected chi connectivity index (χ3v) is 3.99. The second-order valence-electron chi connectivity index (χ2n) is 6.10. The molecule has 1 unspecified atom stereocenters. The standard InChI is InChI=1S/C18H19N3O3/c1-12(2)15-10-16-20(11-13-6-4-3-5-7-13)9-8-14(18(23)24)17(22)21(16)19-15/h3-10,12,14H,11H2,1-2H3,(H,23,24). The lowest BCUT2D eigenvalue weighted by atomic mass is 10.1. The van der Waals surface area contributed by atoms with E-state index >= 15 is 0 Å². The Morgan fingerprint density at radius 1 is 1.29 bits per heavy atom. The molecule has 1 aromatic heterocycles. The Labute approximate surface area is 140 Å². The molecule has 0 saturated carbocycles. The highest BCUT2D eigenvalue weighted by Gasteiger charge is 2.32. The van der Waals surface area contributed by atoms with Gasteiger partial charge in [-0.2, -0.15) is 9.78 Å². The number of anilines is 1. The van der Waals surface area contributed by atoms with Crippen molar-refractivity contribution in [2.75, 3.05) is 4.90 Å². The topological polar surface area (TPSA) is 75.4 Å². The van der Waals surface area contributed by atoms with Gasteiger partial charge in [-0.1, -0.05) is 44.2 Å². The fourth-order valence-corrected chi connectivity index (χ4v) is 2.62. The number of aliphatic carboxylic acids is 1. The lowest BCUT2D eigenvalue weighted by Gasteiger charge is -2.19. The van der Waals surface area contributed by atoms with Gasteiger partial charge < -0.3 is 10.0 Å². The van der Waals surface area contributed by atoms with Crippen LogP contribution in [-0.4, -0.2) is 26.8 Å². The van der Waals surface area contributed by atoms with Gasteiger partial charge in [-0.3, -0.25) is 9.59 Å². The van der Waals surface area contributed by atoms with E-state index in [1.165, 1.54) is 10.8 Å². The zero-order valence-electron chi connectivity index (χ0n) is 13.6. The molecule has 1 aliphatic heterocycles. The number of carboxylic acids is 1. The highest BCUT2D eigenvalue weighted by Crippen LogP contribution is 2.27. The molecule has 2 aromatic rings. The Kier molecular flexibility index (Phi) is 4.20. The summed E-state index contributed by atoms with van der Waals surface area (Å²) in [5, 5.41) is 13.7. The first-order chi connectivity index (χ1) is 11.5. The maximum Gasteiger partial charge on any atom is 0.320 e. The van der Waals surface area contributed by atoms with Gasteiger partial charge in [0.25, 0.3) is 5.91 Å². The second kappa shape index (κ2) is 6.31. The van der Waals surface area contributed by atoms with Crippen molar-refractivity contribution in [1.29, 1.82) is 0 Å². The van der Waals surface area contributed by atoms with Gasteiger partial charge in [-0.05, 0) is 17.6 Å². The molecule has 6 nitrogen and oxygen atoms in total. The maximum absolute atomic E-state index is 12.6. The summed E-state index contributed by atoms with van der Waals surface area (Å²) >= 11 is 0. The van der Waals surface area contributed by atoms with Crippen LogP contribution in [0.5, 0.6) is 0 Å². The first kappa shape index (κ1) is 16.0. The number of rotatable bonds is 4. The maximum atomic E-state index is 12.6. The van der Waals surface area contributed by atoms with Crippen molar-refractivity contribution < 1.29 is 14.7 Å². The average Bonchev–Trinajstić information content (AvgIpc) is 2.95. The first-order valence-electron chi connectivity index (χ1n) is 7.83. The molecule has 24 heavy (non-hydrogen) atoms. The van der Waals surface area contributed by atoms with E-state index in [0.29, 0.717) is 12.4 Å². The van der Waals surface area contributed by atoms with Crippen molar-refractivity contribution >= 4 is 17.7 Å². The average molecular weight is 325 g/mol. The number of fused-ring (bicyclic) bond motifs is 1. The zero-order chi connectivity index (χ0) is 17.3. The van der Waals surface area contributed by atoms with E-state index in [9.17, 15) is 14.7 Å². The van der Waals surface area contributed by atoms with Crippen LogP contribution in [-0.2, 0) is 11.3 Å². The Morgan fingerprint density at radius 2 is 2.00 bits per heavy atom. The summed E-state index contributed by atoms with van der Waals surface area (Å²) in [6.45, 7) is 4.50. The Bertz CT molecular complexity index is 793. The Hall–Kier alpha value is -2.89. The number of hydrogen-bond donors (Lipinski definition) is 1. The van der Waals surface area contributed by atoms with Gasteiger partial charge in [-0.25, -0.2) is 0 Å². The van der Waals surface area contributed by atoms with Crippen LogP contribution in [0, 0.1) is 5.92 Å². The van der Waals surface area contributed by atoms with Gasteiger partial charge in [0.2, 0.25) is 0 Å². The normalized spacial score (nSPS) is 17.0. The van der Waals surface area contributed by atoms with Crippen molar-refractivity contribution in [3.8, 4) is 0 Å². The molecular formula is C18H19N3O3. The van der Waals surface area contributed by atoms with E-state index in [2.05, 4.69) is 5.10 Å². The molecule has 1 aromatic carbocycles. The quantitative estimate of drug-likeness (QED) is 0.875. The Morgan fingerprint density at radius 3 is 2.62 bits per heavy atom. The molecule has 1 aliphatic rings. The molecule has 0 saturated heterocycles. The number of carboxylic acid groups (broad SMARTS) is 1. The minimum absolute atomic E-state index is 0.142. The predicted molar refractivity (Wildman–Crippen MR) is 89.8 cm³/mol. The number of carbonyl (C=O) groups excluding carboxylic acids is 1. The molecule has 0 bridgehead atoms. The van der Waals surface area contributed by atoms with Crippen LogP contribution in [0.2, 0.25) is 0 Å². The minimum atomic E-state index is -1.23. The second-order valence-corrected chi connectivity index (χ2v) is 6.10. The number of aromatic nitrogens is 2. The fraction of sp³-hybridized carbons (Fsp3) is 0.278. The van der Waals surface area contributed by atoms with Crippen LogP contribution in [0.3, 0.4) is 0 Å². The third kappa shape index (κ3) is 2.95. The molecule has 0 aliphatic carbocycles. The van der Waals surface area contributed by atoms with Crippen LogP contribution in [0.25, 0.3) is 0 Å². The molecule has 1 N–H and O–H groups in total. The molecule has 1 atom stereocenters. The molecule has 0 amide bonds. The molecule has 2 heterocycles. The minimum Gasteiger partial charge on any atom is -0.480 e. The van der Waals surface area contributed by atoms with Gasteiger partial charge in [0.1, 0.15) is 5.82 Å². The van der Waals surface area contributed by atoms with E-state index in [1.807, 2.05) is 55.1 Å². The molecule has 124 valence electrons. The summed E-state index contributed by atoms with van der Waals surface area (Å²) in [4.78, 5) is 25.8. The molecular weight excluding hydrogens is 306 g/mol. The van der Waals surface area contributed by atoms with E-state index in [-0.39, 0.29) is 5.92 Å². The number of nitrogens with zero attached hydrogens (tertiary/aromatic N) is 3. The van der Waals surface area contributed by atoms with Crippen LogP contribution < -0.4 is 4.90 Å². The third-order valence-electron chi connectivity index (χ3n) is 3.99. The monoisotopic (exact) mass is 325 g/mol. The van der Waals surface area contributed by atoms with E-state index < -0.39 is 17.8 Å². The van der Waals surface area contributed by atoms with Gasteiger partial charge in [0.05, 0.1) is 5.69 Å². The lowest BCUT2D eigenvalue weighted by Crippen LogP contribution is -2.28. The SMILES string of the molecule is CC(C)c1cc2n(n1)C(=O)C(C(=O)O)C=CN2Cc1ccccc1. The van der Waals surface area contributed by atoms with Crippen molar-refractivity contribution in [1.82, 2.24) is 9.78 Å². The summed E-state index contributed by atoms with van der Waals surface area (Å²) in [7, 11) is 0. The van der Waals surface area contributed by atoms with Crippen molar-refractivity contribution in [3.63, 3.8) is 0 Å². The molecule has 0 spiro atoms. The van der Waals surface area contributed by atoms with E-state index in [4.69, 9.17) is 0 Å². The molecule has 0 radical (unpaired) electrons. The molecule has 3 rings (SSSR count). The van der Waals surface area contributed by atoms with Crippen molar-refractivity contribution in [3.05, 3.63) is 59.9 Å². The van der Waals surface area contributed by atoms with Crippen LogP contribution >= 0.6 is 0 Å². The number of benzene rings is 1. The van der Waals surface area contributed by atoms with Gasteiger partial charge >= 0.3 is 5.97 Å². The van der Waals surface area contributed by atoms with Gasteiger partial charge in [0, 0.05) is 18.8 Å². The van der Waals surface area contributed by atoms with E-state index in [0.717, 1.165) is 11.3 Å². The number of hydrogen-bond acceptors (Lipinski definition) is 4. The first-order valence-corrected chi connectivity index (χ1v) is 7.83. The fourth-order valence-electron chi connectivity index (χ4n) is 2.62. The molecule has 0 fully saturated rings. The predicted octanol–water partition coefficient (Wildman–Crippen LogP) is 2.88. The van der Waals surface area contributed by atoms with Crippen molar-refractivity contribution in [2.45, 2.75) is 26.3 Å². The molecule has 6 heteroatoms. The Balaban J connectivity index is 2.05. The van der Waals surface area contributed by atoms with Crippen LogP contribution in [0.4, 0.5) is 5.82 Å². The summed E-state index contributed by atoms with van der Waals surface area (Å²) in [5.41, 5.74) is 1.82. The smallest absolute Gasteiger partial charge is 0.320 e. The summed E-state index contributed by atoms with van der Waals surface area (Å²) in [6.07, 6.45) is 3.08. The summed E-state index contributed by atoms with van der Waals surface area (Å²) < 4.78 is 1.22. The lowest BCUT2D eigenvalue weighted by molar-refractivity contribution is -0.138. The highest BCUT2D eigenvalue weighted by molar-refractivity contribution is 6.01. The summed E-state index contributed by atoms with van der Waals surface area (Å²) in [6, 6.07) is 11.6. The largest absolute Gasteiger partial charge is 0.480 e. The highest BCUT2D eigenvalue weighted by atomic mass is 16.4. The number of carbonyl (C=O) groups is 2. The van der Waals surface area contributed by atoms with Gasteiger partial charge in [0.15, 0.2) is 5.92 Å². The van der Waals surface area contributed by atoms with Gasteiger partial charge in [-0.15, -0.1) is 0 Å². The van der Waals surface area contributed by atoms with E-state index in [1.54, 1.807) is 6.20 Å². The summed E-state index contributed by atoms with van der Waals surface area (Å²) in [5.74, 6) is -2.22. The van der Waals surface area contributed by atoms with Crippen LogP contribution in [0.1, 0.15) is 35.8 Å². The zero-order valence-corrected chi connectivity index (χ0v) is 13.6. The van der Waals surface area contributed by atoms with Crippen LogP contribution in [0.15, 0.2) is 48.7 Å².